The molecule has 3 heteroatoms. The molecule has 0 aliphatic carbocycles. The second-order valence-corrected chi connectivity index (χ2v) is 3.01. The minimum Gasteiger partial charge on any atom is -0.270 e. The van der Waals surface area contributed by atoms with Gasteiger partial charge in [-0.05, 0) is 25.1 Å². The summed E-state index contributed by atoms with van der Waals surface area (Å²) in [4.78, 5) is 8.97. The molecular formula is C9H10N2S. The quantitative estimate of drug-likeness (QED) is 0.636. The third-order valence-corrected chi connectivity index (χ3v) is 2.15. The van der Waals surface area contributed by atoms with Gasteiger partial charge in [-0.15, -0.1) is 11.3 Å². The zero-order valence-electron chi connectivity index (χ0n) is 6.90. The molecular weight excluding hydrogens is 168 g/mol. The lowest BCUT2D eigenvalue weighted by Crippen LogP contribution is -1.73. The van der Waals surface area contributed by atoms with Crippen molar-refractivity contribution in [3.8, 4) is 0 Å². The van der Waals surface area contributed by atoms with Crippen LogP contribution < -0.4 is 0 Å². The van der Waals surface area contributed by atoms with Crippen molar-refractivity contribution in [1.29, 1.82) is 0 Å². The first kappa shape index (κ1) is 8.87. The number of nitrogens with zero attached hydrogens (tertiary/aromatic N) is 2. The molecule has 0 aliphatic heterocycles. The van der Waals surface area contributed by atoms with Crippen molar-refractivity contribution in [2.24, 2.45) is 9.98 Å². The highest BCUT2D eigenvalue weighted by atomic mass is 32.1. The summed E-state index contributed by atoms with van der Waals surface area (Å²) in [5.74, 6) is 0. The summed E-state index contributed by atoms with van der Waals surface area (Å²) in [5.41, 5.74) is 0.863. The largest absolute Gasteiger partial charge is 0.270 e. The Labute approximate surface area is 76.0 Å². The molecule has 0 radical (unpaired) electrons. The number of hydrogen-bond acceptors (Lipinski definition) is 3. The van der Waals surface area contributed by atoms with E-state index in [1.165, 1.54) is 0 Å². The van der Waals surface area contributed by atoms with Crippen LogP contribution in [0.2, 0.25) is 0 Å². The van der Waals surface area contributed by atoms with Crippen molar-refractivity contribution in [1.82, 2.24) is 0 Å². The normalized spacial score (nSPS) is 12.2. The van der Waals surface area contributed by atoms with E-state index in [2.05, 4.69) is 16.7 Å². The fourth-order valence-electron chi connectivity index (χ4n) is 0.810. The van der Waals surface area contributed by atoms with Crippen LogP contribution in [-0.2, 0) is 0 Å². The van der Waals surface area contributed by atoms with Crippen molar-refractivity contribution in [2.75, 3.05) is 0 Å². The summed E-state index contributed by atoms with van der Waals surface area (Å²) in [6, 6.07) is 4.00. The molecule has 1 aromatic heterocycles. The van der Waals surface area contributed by atoms with Crippen molar-refractivity contribution in [2.45, 2.75) is 6.92 Å². The molecule has 1 aromatic rings. The number of thiophene rings is 1. The Bertz CT molecular complexity index is 296. The molecule has 0 saturated heterocycles. The average Bonchev–Trinajstić information content (AvgIpc) is 2.56. The van der Waals surface area contributed by atoms with Crippen LogP contribution in [0.4, 0.5) is 0 Å². The third-order valence-electron chi connectivity index (χ3n) is 1.26. The molecule has 62 valence electrons. The smallest absolute Gasteiger partial charge is 0.0979 e. The summed E-state index contributed by atoms with van der Waals surface area (Å²) in [6.45, 7) is 5.28. The lowest BCUT2D eigenvalue weighted by molar-refractivity contribution is 1.51. The van der Waals surface area contributed by atoms with Gasteiger partial charge in [0, 0.05) is 6.21 Å². The molecule has 0 bridgehead atoms. The van der Waals surface area contributed by atoms with E-state index in [9.17, 15) is 0 Å². The lowest BCUT2D eigenvalue weighted by atomic mass is 10.4. The maximum atomic E-state index is 4.17. The number of aliphatic imine (C=N–C) groups is 2. The van der Waals surface area contributed by atoms with Crippen LogP contribution in [0.3, 0.4) is 0 Å². The first-order valence-corrected chi connectivity index (χ1v) is 4.45. The molecule has 0 spiro atoms. The van der Waals surface area contributed by atoms with Gasteiger partial charge in [-0.2, -0.15) is 0 Å². The highest BCUT2D eigenvalue weighted by Crippen LogP contribution is 2.20. The standard InChI is InChI=1S/C9H10N2S/c1-3-11-8(7-10-2)9-5-4-6-12-9/h3-7H,2H2,1H3/b8-7-,11-3?. The van der Waals surface area contributed by atoms with Crippen LogP contribution in [0.1, 0.15) is 11.8 Å². The molecule has 0 fully saturated rings. The Morgan fingerprint density at radius 3 is 3.00 bits per heavy atom. The maximum Gasteiger partial charge on any atom is 0.0979 e. The van der Waals surface area contributed by atoms with E-state index in [4.69, 9.17) is 0 Å². The third kappa shape index (κ3) is 2.13. The molecule has 2 nitrogen and oxygen atoms in total. The van der Waals surface area contributed by atoms with Gasteiger partial charge < -0.3 is 0 Å². The van der Waals surface area contributed by atoms with Crippen LogP contribution in [0.25, 0.3) is 5.70 Å². The van der Waals surface area contributed by atoms with Crippen LogP contribution in [0, 0.1) is 0 Å². The van der Waals surface area contributed by atoms with Gasteiger partial charge in [0.25, 0.3) is 0 Å². The van der Waals surface area contributed by atoms with Crippen LogP contribution in [0.15, 0.2) is 33.7 Å². The van der Waals surface area contributed by atoms with Gasteiger partial charge in [-0.1, -0.05) is 6.07 Å². The Hall–Kier alpha value is -1.22. The lowest BCUT2D eigenvalue weighted by Gasteiger charge is -1.93. The zero-order chi connectivity index (χ0) is 8.81. The molecule has 0 amide bonds. The van der Waals surface area contributed by atoms with Gasteiger partial charge in [0.15, 0.2) is 0 Å². The Kier molecular flexibility index (Phi) is 3.41. The minimum atomic E-state index is 0.863. The molecule has 0 unspecified atom stereocenters. The summed E-state index contributed by atoms with van der Waals surface area (Å²) in [7, 11) is 0. The summed E-state index contributed by atoms with van der Waals surface area (Å²) in [5, 5.41) is 2.01. The minimum absolute atomic E-state index is 0.863. The van der Waals surface area contributed by atoms with Crippen molar-refractivity contribution in [3.63, 3.8) is 0 Å². The Morgan fingerprint density at radius 2 is 2.50 bits per heavy atom. The Balaban J connectivity index is 2.95. The fraction of sp³-hybridized carbons (Fsp3) is 0.111. The van der Waals surface area contributed by atoms with Crippen LogP contribution >= 0.6 is 11.3 Å². The van der Waals surface area contributed by atoms with Crippen LogP contribution in [0.5, 0.6) is 0 Å². The first-order chi connectivity index (χ1) is 5.88. The molecule has 1 heterocycles. The molecule has 0 aliphatic rings. The van der Waals surface area contributed by atoms with E-state index in [1.807, 2.05) is 24.4 Å². The van der Waals surface area contributed by atoms with E-state index in [-0.39, 0.29) is 0 Å². The second-order valence-electron chi connectivity index (χ2n) is 2.06. The van der Waals surface area contributed by atoms with E-state index in [0.717, 1.165) is 10.6 Å². The molecule has 12 heavy (non-hydrogen) atoms. The van der Waals surface area contributed by atoms with Gasteiger partial charge in [0.2, 0.25) is 0 Å². The fourth-order valence-corrected chi connectivity index (χ4v) is 1.50. The number of hydrogen-bond donors (Lipinski definition) is 0. The monoisotopic (exact) mass is 178 g/mol. The summed E-state index contributed by atoms with van der Waals surface area (Å²) in [6.07, 6.45) is 3.41. The predicted octanol–water partition coefficient (Wildman–Crippen LogP) is 2.84. The number of rotatable bonds is 3. The Morgan fingerprint density at radius 1 is 1.67 bits per heavy atom. The summed E-state index contributed by atoms with van der Waals surface area (Å²) < 4.78 is 0. The van der Waals surface area contributed by atoms with E-state index >= 15 is 0 Å². The first-order valence-electron chi connectivity index (χ1n) is 3.57. The highest BCUT2D eigenvalue weighted by Gasteiger charge is 1.97. The second kappa shape index (κ2) is 4.62. The van der Waals surface area contributed by atoms with Crippen molar-refractivity contribution >= 4 is 30.0 Å². The van der Waals surface area contributed by atoms with Gasteiger partial charge in [-0.3, -0.25) is 9.98 Å². The zero-order valence-corrected chi connectivity index (χ0v) is 7.71. The SMILES string of the molecule is C=N/C=C(\N=CC)c1cccs1. The van der Waals surface area contributed by atoms with E-state index in [0.29, 0.717) is 0 Å². The maximum absolute atomic E-state index is 4.17. The summed E-state index contributed by atoms with van der Waals surface area (Å²) >= 11 is 1.64. The van der Waals surface area contributed by atoms with Crippen molar-refractivity contribution < 1.29 is 0 Å². The van der Waals surface area contributed by atoms with E-state index in [1.54, 1.807) is 23.8 Å². The highest BCUT2D eigenvalue weighted by molar-refractivity contribution is 7.11. The van der Waals surface area contributed by atoms with E-state index < -0.39 is 0 Å². The van der Waals surface area contributed by atoms with Gasteiger partial charge in [-0.25, -0.2) is 0 Å². The van der Waals surface area contributed by atoms with Crippen molar-refractivity contribution in [3.05, 3.63) is 28.6 Å². The molecule has 0 N–H and O–H groups in total. The molecule has 1 rings (SSSR count). The predicted molar refractivity (Wildman–Crippen MR) is 56.0 cm³/mol. The molecule has 0 saturated carbocycles. The topological polar surface area (TPSA) is 24.7 Å². The average molecular weight is 178 g/mol. The van der Waals surface area contributed by atoms with Gasteiger partial charge in [0.05, 0.1) is 16.8 Å². The van der Waals surface area contributed by atoms with Crippen LogP contribution in [-0.4, -0.2) is 12.9 Å². The van der Waals surface area contributed by atoms with Gasteiger partial charge >= 0.3 is 0 Å². The van der Waals surface area contributed by atoms with Gasteiger partial charge in [0.1, 0.15) is 0 Å². The molecule has 0 atom stereocenters. The molecule has 0 aromatic carbocycles.